The smallest absolute Gasteiger partial charge is 0.267 e. The highest BCUT2D eigenvalue weighted by Crippen LogP contribution is 2.13. The maximum absolute atomic E-state index is 12.2. The highest BCUT2D eigenvalue weighted by atomic mass is 32.2. The Kier molecular flexibility index (Phi) is 6.54. The average molecular weight is 317 g/mol. The number of aryl methyl sites for hydroxylation is 1. The molecule has 0 saturated heterocycles. The standard InChI is InChI=1S/C13H20FN3O3S/c1-3-5-11(4-2)8-13(18)16-21(19,20)12-9-15-17(10-12)7-6-14/h4,9-11H,2-3,5-8H2,1H3,(H,16,18). The van der Waals surface area contributed by atoms with Crippen LogP contribution in [0.4, 0.5) is 4.39 Å². The molecule has 1 amide bonds. The molecule has 0 aliphatic carbocycles. The minimum Gasteiger partial charge on any atom is -0.274 e. The Balaban J connectivity index is 2.70. The number of sulfonamides is 1. The molecule has 118 valence electrons. The van der Waals surface area contributed by atoms with E-state index in [1.54, 1.807) is 6.08 Å². The van der Waals surface area contributed by atoms with E-state index in [-0.39, 0.29) is 23.8 Å². The molecule has 1 aromatic rings. The van der Waals surface area contributed by atoms with Crippen LogP contribution >= 0.6 is 0 Å². The zero-order valence-corrected chi connectivity index (χ0v) is 12.8. The normalized spacial score (nSPS) is 12.9. The van der Waals surface area contributed by atoms with Gasteiger partial charge in [0.15, 0.2) is 0 Å². The van der Waals surface area contributed by atoms with Crippen molar-refractivity contribution in [3.8, 4) is 0 Å². The fraction of sp³-hybridized carbons (Fsp3) is 0.538. The van der Waals surface area contributed by atoms with Gasteiger partial charge in [-0.3, -0.25) is 9.48 Å². The van der Waals surface area contributed by atoms with Gasteiger partial charge in [0.1, 0.15) is 11.6 Å². The average Bonchev–Trinajstić information content (AvgIpc) is 2.87. The van der Waals surface area contributed by atoms with Crippen molar-refractivity contribution in [3.05, 3.63) is 25.0 Å². The molecule has 0 fully saturated rings. The van der Waals surface area contributed by atoms with Crippen LogP contribution in [0.1, 0.15) is 26.2 Å². The number of rotatable bonds is 9. The Hall–Kier alpha value is -1.70. The first-order chi connectivity index (χ1) is 9.92. The molecule has 1 heterocycles. The van der Waals surface area contributed by atoms with Crippen LogP contribution in [-0.4, -0.2) is 30.8 Å². The minimum absolute atomic E-state index is 0.0293. The van der Waals surface area contributed by atoms with Gasteiger partial charge in [0.25, 0.3) is 10.0 Å². The summed E-state index contributed by atoms with van der Waals surface area (Å²) in [6.45, 7) is 4.93. The van der Waals surface area contributed by atoms with Gasteiger partial charge in [0, 0.05) is 12.6 Å². The number of halogens is 1. The Labute approximate surface area is 124 Å². The second-order valence-electron chi connectivity index (χ2n) is 4.65. The molecule has 1 atom stereocenters. The zero-order valence-electron chi connectivity index (χ0n) is 12.0. The molecule has 8 heteroatoms. The first-order valence-electron chi connectivity index (χ1n) is 6.69. The Bertz CT molecular complexity index is 583. The van der Waals surface area contributed by atoms with Crippen LogP contribution in [0.15, 0.2) is 29.9 Å². The zero-order chi connectivity index (χ0) is 15.9. The highest BCUT2D eigenvalue weighted by Gasteiger charge is 2.21. The summed E-state index contributed by atoms with van der Waals surface area (Å²) in [5.74, 6) is -0.647. The Morgan fingerprint density at radius 3 is 2.90 bits per heavy atom. The number of hydrogen-bond acceptors (Lipinski definition) is 4. The largest absolute Gasteiger partial charge is 0.274 e. The van der Waals surface area contributed by atoms with Crippen LogP contribution in [0.2, 0.25) is 0 Å². The number of hydrogen-bond donors (Lipinski definition) is 1. The number of nitrogens with one attached hydrogen (secondary N) is 1. The molecular formula is C13H20FN3O3S. The molecule has 1 aromatic heterocycles. The number of nitrogens with zero attached hydrogens (tertiary/aromatic N) is 2. The summed E-state index contributed by atoms with van der Waals surface area (Å²) in [7, 11) is -3.97. The molecule has 1 unspecified atom stereocenters. The van der Waals surface area contributed by atoms with Gasteiger partial charge in [-0.05, 0) is 12.3 Å². The summed E-state index contributed by atoms with van der Waals surface area (Å²) >= 11 is 0. The third-order valence-corrected chi connectivity index (χ3v) is 4.25. The van der Waals surface area contributed by atoms with E-state index >= 15 is 0 Å². The summed E-state index contributed by atoms with van der Waals surface area (Å²) in [5, 5.41) is 3.72. The Morgan fingerprint density at radius 1 is 1.62 bits per heavy atom. The lowest BCUT2D eigenvalue weighted by Gasteiger charge is -2.11. The first-order valence-corrected chi connectivity index (χ1v) is 8.17. The molecule has 0 saturated carbocycles. The lowest BCUT2D eigenvalue weighted by Crippen LogP contribution is -2.31. The van der Waals surface area contributed by atoms with Gasteiger partial charge in [0.2, 0.25) is 5.91 Å². The summed E-state index contributed by atoms with van der Waals surface area (Å²) in [5.41, 5.74) is 0. The monoisotopic (exact) mass is 317 g/mol. The molecule has 0 bridgehead atoms. The van der Waals surface area contributed by atoms with Crippen LogP contribution in [0.25, 0.3) is 0 Å². The van der Waals surface area contributed by atoms with E-state index in [0.717, 1.165) is 19.0 Å². The van der Waals surface area contributed by atoms with Gasteiger partial charge in [-0.25, -0.2) is 17.5 Å². The lowest BCUT2D eigenvalue weighted by molar-refractivity contribution is -0.120. The van der Waals surface area contributed by atoms with Crippen LogP contribution in [-0.2, 0) is 21.4 Å². The third-order valence-electron chi connectivity index (χ3n) is 2.92. The summed E-state index contributed by atoms with van der Waals surface area (Å²) < 4.78 is 39.3. The van der Waals surface area contributed by atoms with Crippen molar-refractivity contribution < 1.29 is 17.6 Å². The molecule has 0 radical (unpaired) electrons. The molecule has 1 N–H and O–H groups in total. The van der Waals surface area contributed by atoms with E-state index in [9.17, 15) is 17.6 Å². The Morgan fingerprint density at radius 2 is 2.33 bits per heavy atom. The van der Waals surface area contributed by atoms with E-state index in [1.807, 2.05) is 11.6 Å². The van der Waals surface area contributed by atoms with Gasteiger partial charge in [-0.2, -0.15) is 5.10 Å². The van der Waals surface area contributed by atoms with Crippen molar-refractivity contribution in [1.29, 1.82) is 0 Å². The topological polar surface area (TPSA) is 81.1 Å². The van der Waals surface area contributed by atoms with Crippen molar-refractivity contribution in [3.63, 3.8) is 0 Å². The molecule has 6 nitrogen and oxygen atoms in total. The quantitative estimate of drug-likeness (QED) is 0.702. The molecular weight excluding hydrogens is 297 g/mol. The van der Waals surface area contributed by atoms with Crippen LogP contribution in [0, 0.1) is 5.92 Å². The predicted molar refractivity (Wildman–Crippen MR) is 76.7 cm³/mol. The van der Waals surface area contributed by atoms with E-state index in [1.165, 1.54) is 10.9 Å². The molecule has 0 spiro atoms. The van der Waals surface area contributed by atoms with Crippen LogP contribution < -0.4 is 4.72 Å². The molecule has 0 aromatic carbocycles. The fourth-order valence-electron chi connectivity index (χ4n) is 1.85. The summed E-state index contributed by atoms with van der Waals surface area (Å²) in [6.07, 6.45) is 5.64. The van der Waals surface area contributed by atoms with Crippen LogP contribution in [0.3, 0.4) is 0 Å². The van der Waals surface area contributed by atoms with Crippen molar-refractivity contribution >= 4 is 15.9 Å². The molecule has 1 rings (SSSR count). The third kappa shape index (κ3) is 5.30. The van der Waals surface area contributed by atoms with Gasteiger partial charge in [-0.1, -0.05) is 19.4 Å². The van der Waals surface area contributed by atoms with Crippen molar-refractivity contribution in [2.45, 2.75) is 37.6 Å². The number of amides is 1. The van der Waals surface area contributed by atoms with Crippen molar-refractivity contribution in [2.24, 2.45) is 5.92 Å². The molecule has 0 aliphatic rings. The highest BCUT2D eigenvalue weighted by molar-refractivity contribution is 7.90. The first kappa shape index (κ1) is 17.4. The predicted octanol–water partition coefficient (Wildman–Crippen LogP) is 1.65. The maximum Gasteiger partial charge on any atom is 0.267 e. The van der Waals surface area contributed by atoms with E-state index in [4.69, 9.17) is 0 Å². The van der Waals surface area contributed by atoms with Crippen molar-refractivity contribution in [2.75, 3.05) is 6.67 Å². The fourth-order valence-corrected chi connectivity index (χ4v) is 2.80. The lowest BCUT2D eigenvalue weighted by atomic mass is 10.00. The maximum atomic E-state index is 12.2. The molecule has 21 heavy (non-hydrogen) atoms. The van der Waals surface area contributed by atoms with Crippen LogP contribution in [0.5, 0.6) is 0 Å². The van der Waals surface area contributed by atoms with Gasteiger partial charge < -0.3 is 0 Å². The minimum atomic E-state index is -3.97. The van der Waals surface area contributed by atoms with Gasteiger partial charge in [0.05, 0.1) is 12.7 Å². The number of allylic oxidation sites excluding steroid dienone is 1. The second kappa shape index (κ2) is 7.92. The van der Waals surface area contributed by atoms with Gasteiger partial charge >= 0.3 is 0 Å². The van der Waals surface area contributed by atoms with Crippen molar-refractivity contribution in [1.82, 2.24) is 14.5 Å². The van der Waals surface area contributed by atoms with Gasteiger partial charge in [-0.15, -0.1) is 6.58 Å². The number of alkyl halides is 1. The summed E-state index contributed by atoms with van der Waals surface area (Å²) in [4.78, 5) is 11.6. The number of carbonyl (C=O) groups is 1. The summed E-state index contributed by atoms with van der Waals surface area (Å²) in [6, 6.07) is 0. The number of carbonyl (C=O) groups excluding carboxylic acids is 1. The van der Waals surface area contributed by atoms with E-state index < -0.39 is 22.6 Å². The molecule has 0 aliphatic heterocycles. The second-order valence-corrected chi connectivity index (χ2v) is 6.33. The van der Waals surface area contributed by atoms with E-state index in [2.05, 4.69) is 11.7 Å². The van der Waals surface area contributed by atoms with E-state index in [0.29, 0.717) is 0 Å². The number of aromatic nitrogens is 2. The SMILES string of the molecule is C=CC(CCC)CC(=O)NS(=O)(=O)c1cnn(CCF)c1.